The second kappa shape index (κ2) is 7.49. The lowest BCUT2D eigenvalue weighted by Gasteiger charge is -2.22. The molecule has 2 rings (SSSR count). The van der Waals surface area contributed by atoms with Crippen molar-refractivity contribution in [2.75, 3.05) is 33.3 Å². The molecule has 5 nitrogen and oxygen atoms in total. The Hall–Kier alpha value is -2.04. The third-order valence-electron chi connectivity index (χ3n) is 4.37. The van der Waals surface area contributed by atoms with Crippen molar-refractivity contribution in [3.63, 3.8) is 0 Å². The Kier molecular flexibility index (Phi) is 5.64. The molecule has 0 bridgehead atoms. The highest BCUT2D eigenvalue weighted by atomic mass is 16.5. The zero-order chi connectivity index (χ0) is 17.0. The van der Waals surface area contributed by atoms with E-state index in [9.17, 15) is 9.59 Å². The maximum absolute atomic E-state index is 12.9. The Morgan fingerprint density at radius 1 is 1.09 bits per heavy atom. The molecule has 0 radical (unpaired) electrons. The Morgan fingerprint density at radius 3 is 2.39 bits per heavy atom. The first kappa shape index (κ1) is 17.3. The summed E-state index contributed by atoms with van der Waals surface area (Å²) in [5.74, 6) is 0.442. The lowest BCUT2D eigenvalue weighted by Crippen LogP contribution is -2.37. The fourth-order valence-electron chi connectivity index (χ4n) is 2.83. The SMILES string of the molecule is COC(=O)N1CCCN(C(=O)c2cc(C(C)C)ccc2C)CC1. The molecule has 1 heterocycles. The summed E-state index contributed by atoms with van der Waals surface area (Å²) in [7, 11) is 1.39. The maximum Gasteiger partial charge on any atom is 0.409 e. The first-order chi connectivity index (χ1) is 10.9. The summed E-state index contributed by atoms with van der Waals surface area (Å²) >= 11 is 0. The smallest absolute Gasteiger partial charge is 0.409 e. The number of aryl methyl sites for hydroxylation is 1. The van der Waals surface area contributed by atoms with Gasteiger partial charge in [-0.2, -0.15) is 0 Å². The largest absolute Gasteiger partial charge is 0.453 e. The molecular weight excluding hydrogens is 292 g/mol. The normalized spacial score (nSPS) is 15.5. The summed E-state index contributed by atoms with van der Waals surface area (Å²) in [6, 6.07) is 6.10. The van der Waals surface area contributed by atoms with Gasteiger partial charge in [0.1, 0.15) is 0 Å². The van der Waals surface area contributed by atoms with Gasteiger partial charge >= 0.3 is 6.09 Å². The van der Waals surface area contributed by atoms with Gasteiger partial charge in [-0.25, -0.2) is 4.79 Å². The Bertz CT molecular complexity index is 584. The highest BCUT2D eigenvalue weighted by Crippen LogP contribution is 2.20. The van der Waals surface area contributed by atoms with Crippen LogP contribution in [0.15, 0.2) is 18.2 Å². The van der Waals surface area contributed by atoms with Crippen LogP contribution in [0.25, 0.3) is 0 Å². The molecule has 126 valence electrons. The summed E-state index contributed by atoms with van der Waals surface area (Å²) in [4.78, 5) is 28.0. The van der Waals surface area contributed by atoms with E-state index in [4.69, 9.17) is 4.74 Å². The van der Waals surface area contributed by atoms with Gasteiger partial charge in [0.15, 0.2) is 0 Å². The van der Waals surface area contributed by atoms with Crippen LogP contribution < -0.4 is 0 Å². The molecule has 1 aliphatic rings. The van der Waals surface area contributed by atoms with Gasteiger partial charge in [0.05, 0.1) is 7.11 Å². The lowest BCUT2D eigenvalue weighted by atomic mass is 9.97. The molecule has 0 unspecified atom stereocenters. The quantitative estimate of drug-likeness (QED) is 0.842. The van der Waals surface area contributed by atoms with E-state index in [1.54, 1.807) is 4.90 Å². The highest BCUT2D eigenvalue weighted by Gasteiger charge is 2.24. The van der Waals surface area contributed by atoms with Crippen molar-refractivity contribution in [3.8, 4) is 0 Å². The highest BCUT2D eigenvalue weighted by molar-refractivity contribution is 5.96. The van der Waals surface area contributed by atoms with E-state index in [1.807, 2.05) is 24.0 Å². The summed E-state index contributed by atoms with van der Waals surface area (Å²) in [6.07, 6.45) is 0.446. The van der Waals surface area contributed by atoms with E-state index in [-0.39, 0.29) is 12.0 Å². The van der Waals surface area contributed by atoms with E-state index < -0.39 is 0 Å². The molecule has 5 heteroatoms. The number of hydrogen-bond acceptors (Lipinski definition) is 3. The van der Waals surface area contributed by atoms with Crippen molar-refractivity contribution in [1.29, 1.82) is 0 Å². The molecule has 0 spiro atoms. The minimum atomic E-state index is -0.322. The second-order valence-corrected chi connectivity index (χ2v) is 6.33. The van der Waals surface area contributed by atoms with Crippen LogP contribution in [0.2, 0.25) is 0 Å². The minimum Gasteiger partial charge on any atom is -0.453 e. The molecule has 2 amide bonds. The van der Waals surface area contributed by atoms with Crippen LogP contribution in [0.3, 0.4) is 0 Å². The minimum absolute atomic E-state index is 0.0525. The summed E-state index contributed by atoms with van der Waals surface area (Å²) in [6.45, 7) is 8.56. The molecule has 1 aliphatic heterocycles. The van der Waals surface area contributed by atoms with Crippen molar-refractivity contribution >= 4 is 12.0 Å². The van der Waals surface area contributed by atoms with Crippen LogP contribution in [0.4, 0.5) is 4.79 Å². The Labute approximate surface area is 138 Å². The monoisotopic (exact) mass is 318 g/mol. The van der Waals surface area contributed by atoms with Crippen molar-refractivity contribution in [2.24, 2.45) is 0 Å². The van der Waals surface area contributed by atoms with E-state index in [0.29, 0.717) is 32.1 Å². The Morgan fingerprint density at radius 2 is 1.74 bits per heavy atom. The molecule has 0 N–H and O–H groups in total. The molecular formula is C18H26N2O3. The number of amides is 2. The van der Waals surface area contributed by atoms with Gasteiger partial charge < -0.3 is 14.5 Å². The number of carbonyl (C=O) groups excluding carboxylic acids is 2. The fraction of sp³-hybridized carbons (Fsp3) is 0.556. The van der Waals surface area contributed by atoms with Crippen LogP contribution >= 0.6 is 0 Å². The molecule has 1 fully saturated rings. The molecule has 1 aromatic carbocycles. The zero-order valence-electron chi connectivity index (χ0n) is 14.5. The lowest BCUT2D eigenvalue weighted by molar-refractivity contribution is 0.0756. The van der Waals surface area contributed by atoms with Crippen LogP contribution in [0.1, 0.15) is 47.7 Å². The molecule has 1 saturated heterocycles. The Balaban J connectivity index is 2.14. The number of hydrogen-bond donors (Lipinski definition) is 0. The van der Waals surface area contributed by atoms with E-state index in [2.05, 4.69) is 19.9 Å². The molecule has 0 aromatic heterocycles. The number of rotatable bonds is 2. The fourth-order valence-corrected chi connectivity index (χ4v) is 2.83. The molecule has 1 aromatic rings. The summed E-state index contributed by atoms with van der Waals surface area (Å²) in [5, 5.41) is 0. The van der Waals surface area contributed by atoms with E-state index >= 15 is 0 Å². The number of carbonyl (C=O) groups is 2. The number of methoxy groups -OCH3 is 1. The van der Waals surface area contributed by atoms with Gasteiger partial charge in [-0.15, -0.1) is 0 Å². The number of nitrogens with zero attached hydrogens (tertiary/aromatic N) is 2. The van der Waals surface area contributed by atoms with Gasteiger partial charge in [0.25, 0.3) is 5.91 Å². The van der Waals surface area contributed by atoms with Gasteiger partial charge in [0, 0.05) is 31.7 Å². The van der Waals surface area contributed by atoms with Crippen LogP contribution in [-0.4, -0.2) is 55.1 Å². The molecule has 23 heavy (non-hydrogen) atoms. The van der Waals surface area contributed by atoms with Gasteiger partial charge in [-0.05, 0) is 36.5 Å². The summed E-state index contributed by atoms with van der Waals surface area (Å²) in [5.41, 5.74) is 2.93. The number of ether oxygens (including phenoxy) is 1. The molecule has 0 atom stereocenters. The van der Waals surface area contributed by atoms with Crippen LogP contribution in [0, 0.1) is 6.92 Å². The van der Waals surface area contributed by atoms with Gasteiger partial charge in [0.2, 0.25) is 0 Å². The van der Waals surface area contributed by atoms with Crippen molar-refractivity contribution in [2.45, 2.75) is 33.1 Å². The van der Waals surface area contributed by atoms with Gasteiger partial charge in [-0.1, -0.05) is 26.0 Å². The maximum atomic E-state index is 12.9. The molecule has 0 saturated carbocycles. The standard InChI is InChI=1S/C18H26N2O3/c1-13(2)15-7-6-14(3)16(12-15)17(21)19-8-5-9-20(11-10-19)18(22)23-4/h6-7,12-13H,5,8-11H2,1-4H3. The first-order valence-electron chi connectivity index (χ1n) is 8.16. The summed E-state index contributed by atoms with van der Waals surface area (Å²) < 4.78 is 4.77. The van der Waals surface area contributed by atoms with Crippen molar-refractivity contribution in [1.82, 2.24) is 9.80 Å². The van der Waals surface area contributed by atoms with Crippen molar-refractivity contribution in [3.05, 3.63) is 34.9 Å². The predicted molar refractivity (Wildman–Crippen MR) is 89.8 cm³/mol. The molecule has 0 aliphatic carbocycles. The topological polar surface area (TPSA) is 49.9 Å². The predicted octanol–water partition coefficient (Wildman–Crippen LogP) is 3.03. The first-order valence-corrected chi connectivity index (χ1v) is 8.16. The van der Waals surface area contributed by atoms with E-state index in [0.717, 1.165) is 17.5 Å². The third kappa shape index (κ3) is 4.03. The van der Waals surface area contributed by atoms with E-state index in [1.165, 1.54) is 12.7 Å². The van der Waals surface area contributed by atoms with Crippen LogP contribution in [0.5, 0.6) is 0 Å². The average molecular weight is 318 g/mol. The van der Waals surface area contributed by atoms with Crippen molar-refractivity contribution < 1.29 is 14.3 Å². The zero-order valence-corrected chi connectivity index (χ0v) is 14.5. The second-order valence-electron chi connectivity index (χ2n) is 6.33. The van der Waals surface area contributed by atoms with Gasteiger partial charge in [-0.3, -0.25) is 4.79 Å². The third-order valence-corrected chi connectivity index (χ3v) is 4.37. The average Bonchev–Trinajstić information content (AvgIpc) is 2.79. The number of benzene rings is 1. The van der Waals surface area contributed by atoms with Crippen LogP contribution in [-0.2, 0) is 4.74 Å².